The molecule has 1 saturated heterocycles. The van der Waals surface area contributed by atoms with E-state index in [1.807, 2.05) is 31.2 Å². The molecular formula is C23H33N3O3. The number of nitrogens with zero attached hydrogens (tertiary/aromatic N) is 2. The number of hydrogen-bond donors (Lipinski definition) is 2. The van der Waals surface area contributed by atoms with Crippen molar-refractivity contribution in [1.29, 1.82) is 0 Å². The van der Waals surface area contributed by atoms with E-state index in [2.05, 4.69) is 17.4 Å². The minimum Gasteiger partial charge on any atom is -0.394 e. The van der Waals surface area contributed by atoms with Gasteiger partial charge < -0.3 is 20.2 Å². The molecule has 6 nitrogen and oxygen atoms in total. The number of nitrogens with one attached hydrogen (secondary N) is 1. The van der Waals surface area contributed by atoms with Crippen molar-refractivity contribution >= 4 is 18.0 Å². The SMILES string of the molecule is C/C=C/c1ccc([C@@H]2[C@@H](CO)N(C(C)=O)[C@H]2CN(C)C(=O)NC2CCCC2)cc1. The van der Waals surface area contributed by atoms with E-state index in [9.17, 15) is 14.7 Å². The molecule has 3 atom stereocenters. The molecule has 1 saturated carbocycles. The third-order valence-corrected chi connectivity index (χ3v) is 6.27. The standard InChI is InChI=1S/C23H33N3O3/c1-4-7-17-10-12-18(13-11-17)22-20(26(16(2)28)21(22)15-27)14-25(3)23(29)24-19-8-5-6-9-19/h4,7,10-13,19-22,27H,5-6,8-9,14-15H2,1-3H3,(H,24,29)/b7-4+/t20-,21+,22-/m0/s1. The third-order valence-electron chi connectivity index (χ3n) is 6.27. The highest BCUT2D eigenvalue weighted by Crippen LogP contribution is 2.41. The summed E-state index contributed by atoms with van der Waals surface area (Å²) in [6.45, 7) is 3.86. The van der Waals surface area contributed by atoms with Gasteiger partial charge >= 0.3 is 6.03 Å². The molecule has 1 aromatic rings. The van der Waals surface area contributed by atoms with Gasteiger partial charge in [0.1, 0.15) is 0 Å². The molecule has 29 heavy (non-hydrogen) atoms. The zero-order chi connectivity index (χ0) is 21.0. The van der Waals surface area contributed by atoms with Gasteiger partial charge in [-0.05, 0) is 30.9 Å². The monoisotopic (exact) mass is 399 g/mol. The van der Waals surface area contributed by atoms with E-state index in [0.717, 1.165) is 24.0 Å². The van der Waals surface area contributed by atoms with Crippen LogP contribution in [0.15, 0.2) is 30.3 Å². The highest BCUT2D eigenvalue weighted by molar-refractivity contribution is 5.77. The Hall–Kier alpha value is -2.34. The first-order valence-corrected chi connectivity index (χ1v) is 10.6. The van der Waals surface area contributed by atoms with E-state index in [4.69, 9.17) is 0 Å². The first-order valence-electron chi connectivity index (χ1n) is 10.6. The number of urea groups is 1. The van der Waals surface area contributed by atoms with Crippen molar-refractivity contribution in [2.45, 2.75) is 63.6 Å². The van der Waals surface area contributed by atoms with Crippen LogP contribution >= 0.6 is 0 Å². The van der Waals surface area contributed by atoms with Crippen molar-refractivity contribution in [3.63, 3.8) is 0 Å². The Kier molecular flexibility index (Phi) is 6.96. The Morgan fingerprint density at radius 2 is 1.86 bits per heavy atom. The first-order chi connectivity index (χ1) is 14.0. The maximum absolute atomic E-state index is 12.6. The highest BCUT2D eigenvalue weighted by Gasteiger charge is 2.50. The zero-order valence-electron chi connectivity index (χ0n) is 17.7. The number of likely N-dealkylation sites (N-methyl/N-ethyl adjacent to an activating group) is 1. The van der Waals surface area contributed by atoms with Crippen LogP contribution in [0.3, 0.4) is 0 Å². The maximum atomic E-state index is 12.6. The number of hydrogen-bond acceptors (Lipinski definition) is 3. The molecule has 3 rings (SSSR count). The molecular weight excluding hydrogens is 366 g/mol. The number of carbonyl (C=O) groups is 2. The molecule has 2 fully saturated rings. The highest BCUT2D eigenvalue weighted by atomic mass is 16.3. The number of aliphatic hydroxyl groups excluding tert-OH is 1. The summed E-state index contributed by atoms with van der Waals surface area (Å²) in [5, 5.41) is 13.0. The second-order valence-electron chi connectivity index (χ2n) is 8.25. The van der Waals surface area contributed by atoms with Gasteiger partial charge in [-0.25, -0.2) is 4.79 Å². The second-order valence-corrected chi connectivity index (χ2v) is 8.25. The number of likely N-dealkylation sites (tertiary alicyclic amines) is 1. The van der Waals surface area contributed by atoms with Crippen molar-refractivity contribution in [2.75, 3.05) is 20.2 Å². The predicted octanol–water partition coefficient (Wildman–Crippen LogP) is 2.98. The van der Waals surface area contributed by atoms with E-state index < -0.39 is 0 Å². The van der Waals surface area contributed by atoms with Crippen LogP contribution in [0.1, 0.15) is 56.6 Å². The Morgan fingerprint density at radius 1 is 1.21 bits per heavy atom. The van der Waals surface area contributed by atoms with Crippen molar-refractivity contribution in [3.05, 3.63) is 41.5 Å². The summed E-state index contributed by atoms with van der Waals surface area (Å²) in [6.07, 6.45) is 8.44. The van der Waals surface area contributed by atoms with Crippen LogP contribution in [-0.2, 0) is 4.79 Å². The lowest BCUT2D eigenvalue weighted by Crippen LogP contribution is -2.68. The van der Waals surface area contributed by atoms with Crippen molar-refractivity contribution in [1.82, 2.24) is 15.1 Å². The smallest absolute Gasteiger partial charge is 0.317 e. The molecule has 0 bridgehead atoms. The average molecular weight is 400 g/mol. The topological polar surface area (TPSA) is 72.9 Å². The molecule has 1 aromatic carbocycles. The molecule has 0 spiro atoms. The average Bonchev–Trinajstić information content (AvgIpc) is 3.19. The fourth-order valence-electron chi connectivity index (χ4n) is 4.80. The van der Waals surface area contributed by atoms with E-state index in [1.165, 1.54) is 19.8 Å². The molecule has 1 aliphatic carbocycles. The molecule has 2 aliphatic rings. The maximum Gasteiger partial charge on any atom is 0.317 e. The quantitative estimate of drug-likeness (QED) is 0.772. The van der Waals surface area contributed by atoms with Crippen LogP contribution in [-0.4, -0.2) is 65.2 Å². The van der Waals surface area contributed by atoms with Gasteiger partial charge in [0.05, 0.1) is 18.7 Å². The molecule has 158 valence electrons. The molecule has 6 heteroatoms. The number of aliphatic hydroxyl groups is 1. The van der Waals surface area contributed by atoms with Gasteiger partial charge in [-0.15, -0.1) is 0 Å². The molecule has 0 radical (unpaired) electrons. The van der Waals surface area contributed by atoms with Crippen LogP contribution < -0.4 is 5.32 Å². The summed E-state index contributed by atoms with van der Waals surface area (Å²) in [4.78, 5) is 28.3. The Morgan fingerprint density at radius 3 is 2.41 bits per heavy atom. The number of allylic oxidation sites excluding steroid dienone is 1. The van der Waals surface area contributed by atoms with E-state index in [1.54, 1.807) is 16.8 Å². The van der Waals surface area contributed by atoms with Gasteiger partial charge in [-0.2, -0.15) is 0 Å². The summed E-state index contributed by atoms with van der Waals surface area (Å²) in [6, 6.07) is 8.00. The van der Waals surface area contributed by atoms with Crippen LogP contribution in [0, 0.1) is 0 Å². The Labute approximate surface area is 173 Å². The number of carbonyl (C=O) groups excluding carboxylic acids is 2. The number of rotatable bonds is 6. The largest absolute Gasteiger partial charge is 0.394 e. The Balaban J connectivity index is 1.74. The number of benzene rings is 1. The summed E-state index contributed by atoms with van der Waals surface area (Å²) >= 11 is 0. The van der Waals surface area contributed by atoms with Crippen LogP contribution in [0.5, 0.6) is 0 Å². The molecule has 3 amide bonds. The summed E-state index contributed by atoms with van der Waals surface area (Å²) in [7, 11) is 1.78. The Bertz CT molecular complexity index is 740. The van der Waals surface area contributed by atoms with Crippen molar-refractivity contribution in [3.8, 4) is 0 Å². The van der Waals surface area contributed by atoms with Crippen LogP contribution in [0.2, 0.25) is 0 Å². The minimum absolute atomic E-state index is 0.00490. The van der Waals surface area contributed by atoms with E-state index in [-0.39, 0.29) is 42.6 Å². The van der Waals surface area contributed by atoms with Crippen molar-refractivity contribution < 1.29 is 14.7 Å². The van der Waals surface area contributed by atoms with Gasteiger partial charge in [-0.1, -0.05) is 49.3 Å². The summed E-state index contributed by atoms with van der Waals surface area (Å²) in [5.74, 6) is -0.0641. The van der Waals surface area contributed by atoms with Gasteiger partial charge in [0.25, 0.3) is 0 Å². The molecule has 2 N–H and O–H groups in total. The lowest BCUT2D eigenvalue weighted by atomic mass is 9.74. The van der Waals surface area contributed by atoms with Crippen LogP contribution in [0.25, 0.3) is 6.08 Å². The lowest BCUT2D eigenvalue weighted by Gasteiger charge is -2.55. The summed E-state index contributed by atoms with van der Waals surface area (Å²) < 4.78 is 0. The minimum atomic E-state index is -0.253. The van der Waals surface area contributed by atoms with Crippen molar-refractivity contribution in [2.24, 2.45) is 0 Å². The molecule has 0 unspecified atom stereocenters. The predicted molar refractivity (Wildman–Crippen MR) is 114 cm³/mol. The van der Waals surface area contributed by atoms with Gasteiger partial charge in [0, 0.05) is 32.5 Å². The summed E-state index contributed by atoms with van der Waals surface area (Å²) in [5.41, 5.74) is 2.20. The normalized spacial score (nSPS) is 24.6. The van der Waals surface area contributed by atoms with Gasteiger partial charge in [-0.3, -0.25) is 4.79 Å². The fourth-order valence-corrected chi connectivity index (χ4v) is 4.80. The van der Waals surface area contributed by atoms with E-state index >= 15 is 0 Å². The van der Waals surface area contributed by atoms with Gasteiger partial charge in [0.15, 0.2) is 0 Å². The van der Waals surface area contributed by atoms with Gasteiger partial charge in [0.2, 0.25) is 5.91 Å². The van der Waals surface area contributed by atoms with E-state index in [0.29, 0.717) is 6.54 Å². The fraction of sp³-hybridized carbons (Fsp3) is 0.565. The molecule has 1 heterocycles. The second kappa shape index (κ2) is 9.44. The van der Waals surface area contributed by atoms with Crippen LogP contribution in [0.4, 0.5) is 4.79 Å². The zero-order valence-corrected chi connectivity index (χ0v) is 17.7. The number of amides is 3. The third kappa shape index (κ3) is 4.64. The first kappa shape index (κ1) is 21.4. The molecule has 0 aromatic heterocycles. The molecule has 1 aliphatic heterocycles. The lowest BCUT2D eigenvalue weighted by molar-refractivity contribution is -0.148.